The lowest BCUT2D eigenvalue weighted by atomic mass is 10.0. The van der Waals surface area contributed by atoms with Crippen molar-refractivity contribution in [3.8, 4) is 0 Å². The smallest absolute Gasteiger partial charge is 0.395 e. The van der Waals surface area contributed by atoms with E-state index in [1.807, 2.05) is 6.92 Å². The monoisotopic (exact) mass is 284 g/mol. The van der Waals surface area contributed by atoms with E-state index in [0.29, 0.717) is 18.1 Å². The molecule has 2 N–H and O–H groups in total. The number of rotatable bonds is 6. The zero-order valence-electron chi connectivity index (χ0n) is 10.7. The Labute approximate surface area is 109 Å². The Morgan fingerprint density at radius 1 is 1.47 bits per heavy atom. The molecule has 1 saturated heterocycles. The van der Waals surface area contributed by atoms with Gasteiger partial charge in [-0.05, 0) is 6.54 Å². The largest absolute Gasteiger partial charge is 0.406 e. The number of aliphatic hydroxyl groups excluding tert-OH is 1. The lowest BCUT2D eigenvalue weighted by Gasteiger charge is -2.27. The third-order valence-electron chi connectivity index (χ3n) is 2.92. The summed E-state index contributed by atoms with van der Waals surface area (Å²) in [6.07, 6.45) is -4.47. The highest BCUT2D eigenvalue weighted by Gasteiger charge is 2.39. The zero-order chi connectivity index (χ0) is 14.5. The number of carbonyl (C=O) groups excluding carboxylic acids is 1. The van der Waals surface area contributed by atoms with Crippen molar-refractivity contribution in [2.45, 2.75) is 19.1 Å². The maximum Gasteiger partial charge on any atom is 0.406 e. The third kappa shape index (κ3) is 4.96. The van der Waals surface area contributed by atoms with Crippen LogP contribution < -0.4 is 5.32 Å². The lowest BCUT2D eigenvalue weighted by Crippen LogP contribution is -2.49. The average Bonchev–Trinajstić information content (AvgIpc) is 2.74. The molecule has 0 bridgehead atoms. The summed E-state index contributed by atoms with van der Waals surface area (Å²) in [5.74, 6) is -1.26. The average molecular weight is 284 g/mol. The molecule has 0 aliphatic carbocycles. The second kappa shape index (κ2) is 7.06. The molecule has 0 aromatic heterocycles. The summed E-state index contributed by atoms with van der Waals surface area (Å²) >= 11 is 0. The predicted molar refractivity (Wildman–Crippen MR) is 61.5 cm³/mol. The molecule has 2 unspecified atom stereocenters. The van der Waals surface area contributed by atoms with Gasteiger partial charge in [0.2, 0.25) is 5.91 Å². The number of amides is 1. The van der Waals surface area contributed by atoms with Gasteiger partial charge in [-0.3, -0.25) is 4.79 Å². The molecule has 0 saturated carbocycles. The standard InChI is InChI=1S/C11H19F3N2O3/c1-2-15-9-6-19-5-8(9)10(18)16(3-4-17)7-11(12,13)14/h8-9,15,17H,2-7H2,1H3. The molecule has 5 nitrogen and oxygen atoms in total. The molecular weight excluding hydrogens is 265 g/mol. The van der Waals surface area contributed by atoms with Gasteiger partial charge in [-0.15, -0.1) is 0 Å². The van der Waals surface area contributed by atoms with E-state index in [0.717, 1.165) is 0 Å². The quantitative estimate of drug-likeness (QED) is 0.720. The fraction of sp³-hybridized carbons (Fsp3) is 0.909. The summed E-state index contributed by atoms with van der Waals surface area (Å²) in [6, 6.07) is -0.271. The molecule has 8 heteroatoms. The molecule has 1 aliphatic heterocycles. The topological polar surface area (TPSA) is 61.8 Å². The van der Waals surface area contributed by atoms with Crippen molar-refractivity contribution < 1.29 is 27.8 Å². The van der Waals surface area contributed by atoms with E-state index in [1.54, 1.807) is 0 Å². The van der Waals surface area contributed by atoms with E-state index in [9.17, 15) is 18.0 Å². The minimum Gasteiger partial charge on any atom is -0.395 e. The number of nitrogens with zero attached hydrogens (tertiary/aromatic N) is 1. The van der Waals surface area contributed by atoms with Gasteiger partial charge in [-0.2, -0.15) is 13.2 Å². The molecule has 1 aliphatic rings. The number of ether oxygens (including phenoxy) is 1. The number of halogens is 3. The van der Waals surface area contributed by atoms with Crippen LogP contribution in [0.2, 0.25) is 0 Å². The van der Waals surface area contributed by atoms with Gasteiger partial charge in [0.25, 0.3) is 0 Å². The Bertz CT molecular complexity index is 299. The molecule has 112 valence electrons. The molecular formula is C11H19F3N2O3. The molecule has 1 amide bonds. The van der Waals surface area contributed by atoms with E-state index in [-0.39, 0.29) is 19.2 Å². The summed E-state index contributed by atoms with van der Waals surface area (Å²) in [5, 5.41) is 11.8. The van der Waals surface area contributed by atoms with Gasteiger partial charge in [-0.25, -0.2) is 0 Å². The summed E-state index contributed by atoms with van der Waals surface area (Å²) in [4.78, 5) is 12.7. The van der Waals surface area contributed by atoms with Crippen molar-refractivity contribution in [3.05, 3.63) is 0 Å². The number of carbonyl (C=O) groups is 1. The summed E-state index contributed by atoms with van der Waals surface area (Å²) in [7, 11) is 0. The fourth-order valence-corrected chi connectivity index (χ4v) is 2.10. The highest BCUT2D eigenvalue weighted by Crippen LogP contribution is 2.21. The maximum absolute atomic E-state index is 12.4. The van der Waals surface area contributed by atoms with Gasteiger partial charge in [0.05, 0.1) is 25.7 Å². The van der Waals surface area contributed by atoms with Gasteiger partial charge in [0.15, 0.2) is 0 Å². The third-order valence-corrected chi connectivity index (χ3v) is 2.92. The fourth-order valence-electron chi connectivity index (χ4n) is 2.10. The van der Waals surface area contributed by atoms with Crippen molar-refractivity contribution in [2.75, 3.05) is 39.5 Å². The van der Waals surface area contributed by atoms with Crippen LogP contribution >= 0.6 is 0 Å². The first-order valence-corrected chi connectivity index (χ1v) is 6.16. The molecule has 19 heavy (non-hydrogen) atoms. The Balaban J connectivity index is 2.69. The summed E-state index contributed by atoms with van der Waals surface area (Å²) in [5.41, 5.74) is 0. The number of likely N-dealkylation sites (N-methyl/N-ethyl adjacent to an activating group) is 1. The summed E-state index contributed by atoms with van der Waals surface area (Å²) in [6.45, 7) is 0.703. The maximum atomic E-state index is 12.4. The zero-order valence-corrected chi connectivity index (χ0v) is 10.7. The van der Waals surface area contributed by atoms with Gasteiger partial charge in [0.1, 0.15) is 6.54 Å². The molecule has 0 radical (unpaired) electrons. The minimum absolute atomic E-state index is 0.107. The highest BCUT2D eigenvalue weighted by atomic mass is 19.4. The molecule has 1 rings (SSSR count). The molecule has 2 atom stereocenters. The number of hydrogen-bond acceptors (Lipinski definition) is 4. The SMILES string of the molecule is CCNC1COCC1C(=O)N(CCO)CC(F)(F)F. The predicted octanol–water partition coefficient (Wildman–Crippen LogP) is -0.00590. The first-order valence-electron chi connectivity index (χ1n) is 6.16. The first-order chi connectivity index (χ1) is 8.89. The van der Waals surface area contributed by atoms with Crippen LogP contribution in [0.5, 0.6) is 0 Å². The van der Waals surface area contributed by atoms with Crippen molar-refractivity contribution >= 4 is 5.91 Å². The van der Waals surface area contributed by atoms with Crippen molar-refractivity contribution in [3.63, 3.8) is 0 Å². The number of nitrogens with one attached hydrogen (secondary N) is 1. The number of alkyl halides is 3. The van der Waals surface area contributed by atoms with Gasteiger partial charge < -0.3 is 20.1 Å². The van der Waals surface area contributed by atoms with E-state index in [1.165, 1.54) is 0 Å². The second-order valence-electron chi connectivity index (χ2n) is 4.41. The van der Waals surface area contributed by atoms with Crippen LogP contribution in [0.1, 0.15) is 6.92 Å². The Morgan fingerprint density at radius 2 is 2.16 bits per heavy atom. The van der Waals surface area contributed by atoms with Crippen molar-refractivity contribution in [1.29, 1.82) is 0 Å². The highest BCUT2D eigenvalue weighted by molar-refractivity contribution is 5.80. The van der Waals surface area contributed by atoms with Crippen LogP contribution in [0.3, 0.4) is 0 Å². The van der Waals surface area contributed by atoms with Crippen molar-refractivity contribution in [2.24, 2.45) is 5.92 Å². The summed E-state index contributed by atoms with van der Waals surface area (Å²) < 4.78 is 42.3. The Morgan fingerprint density at radius 3 is 2.68 bits per heavy atom. The molecule has 1 heterocycles. The van der Waals surface area contributed by atoms with Crippen LogP contribution in [0.15, 0.2) is 0 Å². The Kier molecular flexibility index (Phi) is 6.02. The molecule has 1 fully saturated rings. The lowest BCUT2D eigenvalue weighted by molar-refractivity contribution is -0.164. The van der Waals surface area contributed by atoms with Gasteiger partial charge in [0, 0.05) is 12.6 Å². The normalized spacial score (nSPS) is 23.6. The van der Waals surface area contributed by atoms with Crippen LogP contribution in [-0.2, 0) is 9.53 Å². The Hall–Kier alpha value is -0.860. The number of aliphatic hydroxyl groups is 1. The van der Waals surface area contributed by atoms with E-state index < -0.39 is 31.2 Å². The minimum atomic E-state index is -4.47. The van der Waals surface area contributed by atoms with Crippen LogP contribution in [0.4, 0.5) is 13.2 Å². The second-order valence-corrected chi connectivity index (χ2v) is 4.41. The number of hydrogen-bond donors (Lipinski definition) is 2. The van der Waals surface area contributed by atoms with Gasteiger partial charge in [-0.1, -0.05) is 6.92 Å². The van der Waals surface area contributed by atoms with Crippen LogP contribution in [0, 0.1) is 5.92 Å². The van der Waals surface area contributed by atoms with E-state index in [4.69, 9.17) is 9.84 Å². The van der Waals surface area contributed by atoms with Crippen LogP contribution in [0.25, 0.3) is 0 Å². The molecule has 0 spiro atoms. The van der Waals surface area contributed by atoms with Crippen molar-refractivity contribution in [1.82, 2.24) is 10.2 Å². The van der Waals surface area contributed by atoms with Gasteiger partial charge >= 0.3 is 6.18 Å². The van der Waals surface area contributed by atoms with E-state index in [2.05, 4.69) is 5.32 Å². The van der Waals surface area contributed by atoms with Crippen LogP contribution in [-0.4, -0.2) is 67.6 Å². The first kappa shape index (κ1) is 16.2. The van der Waals surface area contributed by atoms with E-state index >= 15 is 0 Å². The molecule has 0 aromatic carbocycles. The molecule has 0 aromatic rings.